The van der Waals surface area contributed by atoms with E-state index in [1.807, 2.05) is 35.4 Å². The third-order valence-electron chi connectivity index (χ3n) is 8.35. The number of ether oxygens (including phenoxy) is 2. The first-order chi connectivity index (χ1) is 19.3. The molecule has 3 aliphatic heterocycles. The number of carboxylic acid groups (broad SMARTS) is 1. The van der Waals surface area contributed by atoms with Gasteiger partial charge in [0.2, 0.25) is 0 Å². The molecule has 2 aromatic heterocycles. The lowest BCUT2D eigenvalue weighted by Gasteiger charge is -2.43. The van der Waals surface area contributed by atoms with Crippen molar-refractivity contribution in [2.45, 2.75) is 51.4 Å². The number of aryl methyl sites for hydroxylation is 1. The van der Waals surface area contributed by atoms with Gasteiger partial charge in [0.05, 0.1) is 33.8 Å². The molecule has 0 radical (unpaired) electrons. The fraction of sp³-hybridized carbons (Fsp3) is 0.429. The summed E-state index contributed by atoms with van der Waals surface area (Å²) in [5, 5.41) is 10.2. The molecule has 0 saturated carbocycles. The molecule has 2 aromatic carbocycles. The van der Waals surface area contributed by atoms with Gasteiger partial charge in [-0.25, -0.2) is 24.1 Å². The normalized spacial score (nSPS) is 22.8. The van der Waals surface area contributed by atoms with Gasteiger partial charge in [-0.15, -0.1) is 0 Å². The van der Waals surface area contributed by atoms with Crippen LogP contribution in [-0.2, 0) is 4.74 Å². The number of nitrogens with zero attached hydrogens (tertiary/aromatic N) is 6. The Morgan fingerprint density at radius 2 is 2.00 bits per heavy atom. The van der Waals surface area contributed by atoms with Gasteiger partial charge in [-0.2, -0.15) is 0 Å². The van der Waals surface area contributed by atoms with E-state index in [0.29, 0.717) is 41.2 Å². The molecule has 1 unspecified atom stereocenters. The molecule has 1 amide bonds. The summed E-state index contributed by atoms with van der Waals surface area (Å²) in [7, 11) is 0. The quantitative estimate of drug-likeness (QED) is 0.344. The Morgan fingerprint density at radius 3 is 2.77 bits per heavy atom. The Labute approximate surface area is 234 Å². The maximum absolute atomic E-state index is 16.6. The molecule has 40 heavy (non-hydrogen) atoms. The lowest BCUT2D eigenvalue weighted by atomic mass is 9.96. The summed E-state index contributed by atoms with van der Waals surface area (Å²) in [6, 6.07) is 3.30. The highest BCUT2D eigenvalue weighted by atomic mass is 35.5. The van der Waals surface area contributed by atoms with Crippen LogP contribution >= 0.6 is 11.6 Å². The molecule has 2 fully saturated rings. The van der Waals surface area contributed by atoms with E-state index >= 15 is 4.39 Å². The number of amides is 1. The van der Waals surface area contributed by atoms with Crippen LogP contribution in [0, 0.1) is 12.7 Å². The highest BCUT2D eigenvalue weighted by molar-refractivity contribution is 6.37. The summed E-state index contributed by atoms with van der Waals surface area (Å²) in [6.45, 7) is 5.19. The monoisotopic (exact) mass is 566 g/mol. The predicted octanol–water partition coefficient (Wildman–Crippen LogP) is 5.40. The van der Waals surface area contributed by atoms with E-state index in [1.165, 1.54) is 11.2 Å². The second-order valence-corrected chi connectivity index (χ2v) is 11.1. The maximum atomic E-state index is 16.6. The van der Waals surface area contributed by atoms with Crippen LogP contribution in [0.1, 0.15) is 38.0 Å². The summed E-state index contributed by atoms with van der Waals surface area (Å²) in [5.41, 5.74) is 3.10. The van der Waals surface area contributed by atoms with Crippen molar-refractivity contribution in [2.24, 2.45) is 0 Å². The lowest BCUT2D eigenvalue weighted by Crippen LogP contribution is -2.60. The molecule has 1 N–H and O–H groups in total. The summed E-state index contributed by atoms with van der Waals surface area (Å²) in [6.07, 6.45) is 4.94. The molecule has 4 aromatic rings. The van der Waals surface area contributed by atoms with Crippen LogP contribution in [0.2, 0.25) is 5.02 Å². The molecule has 3 aliphatic rings. The largest absolute Gasteiger partial charge is 0.489 e. The number of hydrogen-bond donors (Lipinski definition) is 1. The van der Waals surface area contributed by atoms with Gasteiger partial charge >= 0.3 is 6.09 Å². The van der Waals surface area contributed by atoms with Gasteiger partial charge in [0, 0.05) is 36.9 Å². The second kappa shape index (κ2) is 9.45. The Balaban J connectivity index is 1.42. The van der Waals surface area contributed by atoms with Crippen molar-refractivity contribution in [3.63, 3.8) is 0 Å². The third-order valence-corrected chi connectivity index (χ3v) is 8.71. The van der Waals surface area contributed by atoms with Crippen molar-refractivity contribution in [1.82, 2.24) is 24.4 Å². The van der Waals surface area contributed by atoms with Crippen LogP contribution in [-0.4, -0.2) is 74.0 Å². The molecular formula is C28H28ClFN6O4. The minimum Gasteiger partial charge on any atom is -0.489 e. The summed E-state index contributed by atoms with van der Waals surface area (Å²) < 4.78 is 30.9. The smallest absolute Gasteiger partial charge is 0.407 e. The van der Waals surface area contributed by atoms with Crippen LogP contribution in [0.4, 0.5) is 15.0 Å². The Hall–Kier alpha value is -3.70. The Morgan fingerprint density at radius 1 is 1.15 bits per heavy atom. The number of hydrogen-bond acceptors (Lipinski definition) is 7. The number of fused-ring (bicyclic) bond motifs is 3. The molecule has 5 heterocycles. The molecule has 3 atom stereocenters. The topological polar surface area (TPSA) is 106 Å². The van der Waals surface area contributed by atoms with E-state index in [2.05, 4.69) is 9.97 Å². The van der Waals surface area contributed by atoms with Crippen LogP contribution in [0.25, 0.3) is 33.1 Å². The van der Waals surface area contributed by atoms with Crippen molar-refractivity contribution in [2.75, 3.05) is 31.2 Å². The summed E-state index contributed by atoms with van der Waals surface area (Å²) in [5.74, 6) is 0.199. The molecule has 0 bridgehead atoms. The molecular weight excluding hydrogens is 539 g/mol. The van der Waals surface area contributed by atoms with Gasteiger partial charge in [-0.05, 0) is 44.7 Å². The van der Waals surface area contributed by atoms with Crippen molar-refractivity contribution < 1.29 is 23.8 Å². The molecule has 10 nitrogen and oxygen atoms in total. The standard InChI is InChI=1S/C28H28ClFN6O4/c1-14-6-7-17-24(33-13-36(17)18-5-3-4-8-39-18)19(14)20-22(29)26-21-25(23(20)30)31-12-32-27(21)35-9-15(2)34(28(37)38)10-16(35)11-40-26/h6-7,12-13,15-16,18H,3-5,8-11H2,1-2H3,(H,37,38)/t15-,16+,18?/m1/s1. The van der Waals surface area contributed by atoms with E-state index in [0.717, 1.165) is 30.3 Å². The number of benzene rings is 2. The minimum atomic E-state index is -0.991. The maximum Gasteiger partial charge on any atom is 0.407 e. The van der Waals surface area contributed by atoms with Gasteiger partial charge in [0.15, 0.2) is 11.6 Å². The summed E-state index contributed by atoms with van der Waals surface area (Å²) >= 11 is 7.04. The minimum absolute atomic E-state index is 0.0971. The van der Waals surface area contributed by atoms with E-state index in [4.69, 9.17) is 26.1 Å². The van der Waals surface area contributed by atoms with E-state index in [9.17, 15) is 9.90 Å². The fourth-order valence-electron chi connectivity index (χ4n) is 6.34. The number of aromatic nitrogens is 4. The SMILES string of the molecule is Cc1ccc2c(ncn2C2CCCCO2)c1-c1c(Cl)c2c3c(ncnc3c1F)N1C[C@@H](C)N(C(=O)O)C[C@H]1CO2. The number of anilines is 1. The van der Waals surface area contributed by atoms with E-state index in [-0.39, 0.29) is 47.6 Å². The van der Waals surface area contributed by atoms with Crippen molar-refractivity contribution in [1.29, 1.82) is 0 Å². The molecule has 0 aliphatic carbocycles. The molecule has 0 spiro atoms. The first-order valence-corrected chi connectivity index (χ1v) is 13.9. The predicted molar refractivity (Wildman–Crippen MR) is 148 cm³/mol. The van der Waals surface area contributed by atoms with Gasteiger partial charge < -0.3 is 28.9 Å². The number of carbonyl (C=O) groups is 1. The highest BCUT2D eigenvalue weighted by Crippen LogP contribution is 2.49. The van der Waals surface area contributed by atoms with Gasteiger partial charge in [-0.1, -0.05) is 17.7 Å². The highest BCUT2D eigenvalue weighted by Gasteiger charge is 2.40. The molecule has 2 saturated heterocycles. The van der Waals surface area contributed by atoms with Crippen LogP contribution < -0.4 is 9.64 Å². The van der Waals surface area contributed by atoms with Gasteiger partial charge in [0.1, 0.15) is 30.5 Å². The average molecular weight is 567 g/mol. The molecule has 12 heteroatoms. The molecule has 7 rings (SSSR count). The number of rotatable bonds is 2. The van der Waals surface area contributed by atoms with Crippen molar-refractivity contribution in [3.8, 4) is 16.9 Å². The van der Waals surface area contributed by atoms with Gasteiger partial charge in [0.25, 0.3) is 0 Å². The fourth-order valence-corrected chi connectivity index (χ4v) is 6.67. The zero-order valence-electron chi connectivity index (χ0n) is 22.1. The summed E-state index contributed by atoms with van der Waals surface area (Å²) in [4.78, 5) is 28.8. The van der Waals surface area contributed by atoms with Crippen LogP contribution in [0.3, 0.4) is 0 Å². The first kappa shape index (κ1) is 25.3. The van der Waals surface area contributed by atoms with Gasteiger partial charge in [-0.3, -0.25) is 0 Å². The van der Waals surface area contributed by atoms with Crippen LogP contribution in [0.15, 0.2) is 24.8 Å². The third kappa shape index (κ3) is 3.71. The molecule has 208 valence electrons. The first-order valence-electron chi connectivity index (χ1n) is 13.5. The van der Waals surface area contributed by atoms with E-state index in [1.54, 1.807) is 6.33 Å². The number of piperazine rings is 1. The Kier molecular flexibility index (Phi) is 5.97. The number of halogens is 2. The average Bonchev–Trinajstić information content (AvgIpc) is 3.31. The number of imidazole rings is 1. The zero-order chi connectivity index (χ0) is 27.7. The van der Waals surface area contributed by atoms with Crippen LogP contribution in [0.5, 0.6) is 5.75 Å². The Bertz CT molecular complexity index is 1670. The zero-order valence-corrected chi connectivity index (χ0v) is 22.9. The van der Waals surface area contributed by atoms with E-state index < -0.39 is 11.9 Å². The van der Waals surface area contributed by atoms with Crippen molar-refractivity contribution >= 4 is 45.4 Å². The second-order valence-electron chi connectivity index (χ2n) is 10.8. The van der Waals surface area contributed by atoms with Crippen molar-refractivity contribution in [3.05, 3.63) is 41.2 Å². The lowest BCUT2D eigenvalue weighted by molar-refractivity contribution is -0.0295.